The largest absolute Gasteiger partial charge is 0.478 e. The number of hydrogen-bond acceptors (Lipinski definition) is 5. The number of aryl methyl sites for hydroxylation is 2. The average molecular weight is 309 g/mol. The molecule has 1 atom stereocenters. The van der Waals surface area contributed by atoms with Crippen molar-refractivity contribution in [3.8, 4) is 0 Å². The van der Waals surface area contributed by atoms with E-state index in [1.54, 1.807) is 25.6 Å². The lowest BCUT2D eigenvalue weighted by Crippen LogP contribution is -2.36. The molecule has 1 aliphatic heterocycles. The van der Waals surface area contributed by atoms with E-state index in [1.165, 1.54) is 25.8 Å². The fourth-order valence-electron chi connectivity index (χ4n) is 2.83. The summed E-state index contributed by atoms with van der Waals surface area (Å²) in [5.41, 5.74) is 0.801. The number of carboxylic acid groups (broad SMARTS) is 1. The van der Waals surface area contributed by atoms with Crippen molar-refractivity contribution >= 4 is 17.7 Å². The van der Waals surface area contributed by atoms with Crippen molar-refractivity contribution in [1.29, 1.82) is 0 Å². The highest BCUT2D eigenvalue weighted by atomic mass is 32.2. The van der Waals surface area contributed by atoms with E-state index in [-0.39, 0.29) is 5.56 Å². The van der Waals surface area contributed by atoms with Crippen LogP contribution in [0, 0.1) is 13.8 Å². The van der Waals surface area contributed by atoms with Crippen LogP contribution in [0.1, 0.15) is 47.6 Å². The molecule has 1 N–H and O–H groups in total. The number of piperidine rings is 1. The van der Waals surface area contributed by atoms with E-state index >= 15 is 0 Å². The van der Waals surface area contributed by atoms with Crippen LogP contribution in [-0.2, 0) is 0 Å². The monoisotopic (exact) mass is 309 g/mol. The van der Waals surface area contributed by atoms with Crippen LogP contribution in [-0.4, -0.2) is 51.3 Å². The van der Waals surface area contributed by atoms with Gasteiger partial charge < -0.3 is 10.0 Å². The third-order valence-corrected chi connectivity index (χ3v) is 5.00. The van der Waals surface area contributed by atoms with Gasteiger partial charge in [-0.05, 0) is 46.7 Å². The van der Waals surface area contributed by atoms with Crippen molar-refractivity contribution in [3.63, 3.8) is 0 Å². The highest BCUT2D eigenvalue weighted by molar-refractivity contribution is 7.99. The molecule has 116 valence electrons. The molecule has 21 heavy (non-hydrogen) atoms. The van der Waals surface area contributed by atoms with E-state index in [2.05, 4.69) is 21.9 Å². The van der Waals surface area contributed by atoms with Gasteiger partial charge in [-0.25, -0.2) is 14.8 Å². The number of nitrogens with zero attached hydrogens (tertiary/aromatic N) is 3. The molecule has 1 saturated heterocycles. The Hall–Kier alpha value is -1.14. The van der Waals surface area contributed by atoms with Gasteiger partial charge >= 0.3 is 5.97 Å². The first-order valence-corrected chi connectivity index (χ1v) is 8.39. The fraction of sp³-hybridized carbons (Fsp3) is 0.667. The second-order valence-corrected chi connectivity index (χ2v) is 6.69. The van der Waals surface area contributed by atoms with Gasteiger partial charge in [-0.1, -0.05) is 6.42 Å². The Balaban J connectivity index is 2.01. The number of thioether (sulfide) groups is 1. The zero-order chi connectivity index (χ0) is 15.4. The maximum Gasteiger partial charge on any atom is 0.340 e. The summed E-state index contributed by atoms with van der Waals surface area (Å²) in [7, 11) is 2.18. The number of rotatable bonds is 5. The molecule has 1 fully saturated rings. The van der Waals surface area contributed by atoms with Gasteiger partial charge in [0.25, 0.3) is 0 Å². The molecule has 0 saturated carbocycles. The highest BCUT2D eigenvalue weighted by Gasteiger charge is 2.20. The first-order chi connectivity index (χ1) is 9.99. The van der Waals surface area contributed by atoms with Crippen molar-refractivity contribution in [2.75, 3.05) is 19.3 Å². The van der Waals surface area contributed by atoms with Gasteiger partial charge in [-0.15, -0.1) is 11.8 Å². The van der Waals surface area contributed by atoms with Gasteiger partial charge in [0.05, 0.1) is 5.69 Å². The minimum atomic E-state index is -0.940. The molecule has 0 radical (unpaired) electrons. The Labute approximate surface area is 130 Å². The van der Waals surface area contributed by atoms with Crippen LogP contribution in [0.5, 0.6) is 0 Å². The second kappa shape index (κ2) is 7.22. The van der Waals surface area contributed by atoms with Gasteiger partial charge in [0.1, 0.15) is 16.4 Å². The normalized spacial score (nSPS) is 19.7. The summed E-state index contributed by atoms with van der Waals surface area (Å²) in [5, 5.41) is 9.93. The van der Waals surface area contributed by atoms with E-state index in [4.69, 9.17) is 0 Å². The zero-order valence-corrected chi connectivity index (χ0v) is 13.7. The molecule has 1 aromatic heterocycles. The molecule has 5 nitrogen and oxygen atoms in total. The molecule has 1 unspecified atom stereocenters. The van der Waals surface area contributed by atoms with Crippen molar-refractivity contribution in [3.05, 3.63) is 17.1 Å². The van der Waals surface area contributed by atoms with Crippen LogP contribution < -0.4 is 0 Å². The number of carboxylic acids is 1. The molecule has 2 rings (SSSR count). The third kappa shape index (κ3) is 4.17. The van der Waals surface area contributed by atoms with E-state index in [0.29, 0.717) is 22.6 Å². The van der Waals surface area contributed by atoms with E-state index in [0.717, 1.165) is 12.2 Å². The number of carbonyl (C=O) groups is 1. The van der Waals surface area contributed by atoms with Gasteiger partial charge in [0.2, 0.25) is 0 Å². The summed E-state index contributed by atoms with van der Waals surface area (Å²) in [6, 6.07) is 0.614. The molecule has 0 bridgehead atoms. The number of aromatic carboxylic acids is 1. The molecule has 1 aliphatic rings. The van der Waals surface area contributed by atoms with Crippen molar-refractivity contribution in [1.82, 2.24) is 14.9 Å². The quantitative estimate of drug-likeness (QED) is 0.666. The third-order valence-electron chi connectivity index (χ3n) is 3.99. The van der Waals surface area contributed by atoms with Gasteiger partial charge in [-0.3, -0.25) is 0 Å². The zero-order valence-electron chi connectivity index (χ0n) is 12.9. The maximum atomic E-state index is 11.4. The first-order valence-electron chi connectivity index (χ1n) is 7.40. The maximum absolute atomic E-state index is 11.4. The van der Waals surface area contributed by atoms with E-state index in [1.807, 2.05) is 0 Å². The molecule has 0 spiro atoms. The SMILES string of the molecule is Cc1nc(C)c(C(=O)O)c(SCCC2CCCCN2C)n1. The topological polar surface area (TPSA) is 66.3 Å². The summed E-state index contributed by atoms with van der Waals surface area (Å²) in [6.45, 7) is 4.70. The van der Waals surface area contributed by atoms with E-state index in [9.17, 15) is 9.90 Å². The second-order valence-electron chi connectivity index (χ2n) is 5.61. The van der Waals surface area contributed by atoms with Crippen molar-refractivity contribution in [2.45, 2.75) is 50.6 Å². The summed E-state index contributed by atoms with van der Waals surface area (Å²) in [5.74, 6) is 0.588. The molecule has 6 heteroatoms. The minimum absolute atomic E-state index is 0.252. The van der Waals surface area contributed by atoms with Crippen molar-refractivity contribution < 1.29 is 9.90 Å². The predicted octanol–water partition coefficient (Wildman–Crippen LogP) is 2.76. The minimum Gasteiger partial charge on any atom is -0.478 e. The lowest BCUT2D eigenvalue weighted by Gasteiger charge is -2.32. The molecule has 1 aromatic rings. The highest BCUT2D eigenvalue weighted by Crippen LogP contribution is 2.26. The smallest absolute Gasteiger partial charge is 0.340 e. The number of likely N-dealkylation sites (tertiary alicyclic amines) is 1. The molecule has 0 amide bonds. The molecule has 0 aromatic carbocycles. The van der Waals surface area contributed by atoms with E-state index < -0.39 is 5.97 Å². The van der Waals surface area contributed by atoms with Crippen LogP contribution in [0.25, 0.3) is 0 Å². The van der Waals surface area contributed by atoms with Crippen LogP contribution in [0.15, 0.2) is 5.03 Å². The lowest BCUT2D eigenvalue weighted by molar-refractivity contribution is 0.0690. The fourth-order valence-corrected chi connectivity index (χ4v) is 3.99. The van der Waals surface area contributed by atoms with Crippen LogP contribution in [0.4, 0.5) is 0 Å². The average Bonchev–Trinajstić information content (AvgIpc) is 2.39. The van der Waals surface area contributed by atoms with Gasteiger partial charge in [0, 0.05) is 11.8 Å². The number of aromatic nitrogens is 2. The van der Waals surface area contributed by atoms with Gasteiger partial charge in [0.15, 0.2) is 0 Å². The molecule has 2 heterocycles. The first kappa shape index (κ1) is 16.2. The Bertz CT molecular complexity index is 522. The summed E-state index contributed by atoms with van der Waals surface area (Å²) in [4.78, 5) is 22.3. The summed E-state index contributed by atoms with van der Waals surface area (Å²) < 4.78 is 0. The Morgan fingerprint density at radius 1 is 1.38 bits per heavy atom. The lowest BCUT2D eigenvalue weighted by atomic mass is 10.0. The Kier molecular flexibility index (Phi) is 5.58. The molecule has 0 aliphatic carbocycles. The summed E-state index contributed by atoms with van der Waals surface area (Å²) in [6.07, 6.45) is 4.90. The van der Waals surface area contributed by atoms with Crippen LogP contribution >= 0.6 is 11.8 Å². The Morgan fingerprint density at radius 2 is 2.14 bits per heavy atom. The predicted molar refractivity (Wildman–Crippen MR) is 84.1 cm³/mol. The standard InChI is InChI=1S/C15H23N3O2S/c1-10-13(15(19)20)14(17-11(2)16-10)21-9-7-12-6-4-5-8-18(12)3/h12H,4-9H2,1-3H3,(H,19,20). The summed E-state index contributed by atoms with van der Waals surface area (Å²) >= 11 is 1.54. The van der Waals surface area contributed by atoms with Crippen LogP contribution in [0.2, 0.25) is 0 Å². The van der Waals surface area contributed by atoms with Crippen LogP contribution in [0.3, 0.4) is 0 Å². The van der Waals surface area contributed by atoms with Gasteiger partial charge in [-0.2, -0.15) is 0 Å². The number of hydrogen-bond donors (Lipinski definition) is 1. The molecular formula is C15H23N3O2S. The molecular weight excluding hydrogens is 286 g/mol. The van der Waals surface area contributed by atoms with Crippen molar-refractivity contribution in [2.24, 2.45) is 0 Å². The Morgan fingerprint density at radius 3 is 2.81 bits per heavy atom.